The van der Waals surface area contributed by atoms with Crippen LogP contribution in [-0.4, -0.2) is 35.1 Å². The lowest BCUT2D eigenvalue weighted by Gasteiger charge is -2.14. The van der Waals surface area contributed by atoms with Gasteiger partial charge in [-0.1, -0.05) is 0 Å². The lowest BCUT2D eigenvalue weighted by molar-refractivity contribution is 0.0517. The molecule has 3 rings (SSSR count). The average Bonchev–Trinajstić information content (AvgIpc) is 2.69. The molecule has 2 aromatic heterocycles. The minimum Gasteiger partial charge on any atom is -0.462 e. The molecule has 7 heteroatoms. The Kier molecular flexibility index (Phi) is 5.84. The lowest BCUT2D eigenvalue weighted by atomic mass is 10.1. The molecule has 1 aromatic carbocycles. The van der Waals surface area contributed by atoms with Gasteiger partial charge in [0, 0.05) is 23.0 Å². The standard InChI is InChI=1S/C21H21N3O4/c1-4-27-20(25)14-7-9-15(10-8-14)24-18-16-11-6-13(3)23-19(16)22-12-17(18)21(26)28-5-2/h6-12H,4-5H2,1-3H3,(H,22,23,24). The monoisotopic (exact) mass is 379 g/mol. The van der Waals surface area contributed by atoms with Crippen LogP contribution in [0.25, 0.3) is 11.0 Å². The van der Waals surface area contributed by atoms with Crippen LogP contribution < -0.4 is 5.32 Å². The number of pyridine rings is 2. The Hall–Kier alpha value is -3.48. The summed E-state index contributed by atoms with van der Waals surface area (Å²) in [5.41, 5.74) is 3.38. The van der Waals surface area contributed by atoms with Crippen LogP contribution in [0.4, 0.5) is 11.4 Å². The minimum atomic E-state index is -0.469. The first-order chi connectivity index (χ1) is 13.5. The quantitative estimate of drug-likeness (QED) is 0.647. The summed E-state index contributed by atoms with van der Waals surface area (Å²) in [6.45, 7) is 5.96. The van der Waals surface area contributed by atoms with Crippen LogP contribution in [-0.2, 0) is 9.47 Å². The number of nitrogens with one attached hydrogen (secondary N) is 1. The third-order valence-electron chi connectivity index (χ3n) is 4.03. The topological polar surface area (TPSA) is 90.4 Å². The summed E-state index contributed by atoms with van der Waals surface area (Å²) in [5.74, 6) is -0.849. The van der Waals surface area contributed by atoms with E-state index >= 15 is 0 Å². The molecule has 0 saturated carbocycles. The van der Waals surface area contributed by atoms with Crippen LogP contribution in [0.2, 0.25) is 0 Å². The molecule has 0 radical (unpaired) electrons. The minimum absolute atomic E-state index is 0.261. The van der Waals surface area contributed by atoms with Crippen molar-refractivity contribution in [3.63, 3.8) is 0 Å². The smallest absolute Gasteiger partial charge is 0.341 e. The average molecular weight is 379 g/mol. The van der Waals surface area contributed by atoms with E-state index in [2.05, 4.69) is 15.3 Å². The maximum absolute atomic E-state index is 12.4. The Balaban J connectivity index is 2.01. The van der Waals surface area contributed by atoms with Gasteiger partial charge in [0.05, 0.1) is 24.5 Å². The summed E-state index contributed by atoms with van der Waals surface area (Å²) in [6, 6.07) is 10.5. The first-order valence-electron chi connectivity index (χ1n) is 9.01. The van der Waals surface area contributed by atoms with E-state index in [1.54, 1.807) is 38.1 Å². The number of rotatable bonds is 6. The van der Waals surface area contributed by atoms with Crippen molar-refractivity contribution >= 4 is 34.3 Å². The third kappa shape index (κ3) is 4.09. The molecule has 1 N–H and O–H groups in total. The summed E-state index contributed by atoms with van der Waals surface area (Å²) in [7, 11) is 0. The zero-order valence-electron chi connectivity index (χ0n) is 16.0. The van der Waals surface area contributed by atoms with Crippen molar-refractivity contribution in [3.8, 4) is 0 Å². The number of nitrogens with zero attached hydrogens (tertiary/aromatic N) is 2. The summed E-state index contributed by atoms with van der Waals surface area (Å²) in [4.78, 5) is 32.9. The summed E-state index contributed by atoms with van der Waals surface area (Å²) in [5, 5.41) is 3.94. The molecule has 0 aliphatic carbocycles. The van der Waals surface area contributed by atoms with Gasteiger partial charge in [-0.05, 0) is 57.2 Å². The molecular formula is C21H21N3O4. The molecule has 0 aliphatic heterocycles. The second kappa shape index (κ2) is 8.47. The van der Waals surface area contributed by atoms with E-state index in [0.29, 0.717) is 40.1 Å². The van der Waals surface area contributed by atoms with Gasteiger partial charge in [0.1, 0.15) is 5.56 Å². The predicted molar refractivity (Wildman–Crippen MR) is 106 cm³/mol. The normalized spacial score (nSPS) is 10.5. The van der Waals surface area contributed by atoms with E-state index in [1.165, 1.54) is 6.20 Å². The number of aromatic nitrogens is 2. The van der Waals surface area contributed by atoms with Crippen molar-refractivity contribution in [2.75, 3.05) is 18.5 Å². The maximum atomic E-state index is 12.4. The SMILES string of the molecule is CCOC(=O)c1ccc(Nc2c(C(=O)OCC)cnc3nc(C)ccc23)cc1. The highest BCUT2D eigenvalue weighted by Crippen LogP contribution is 2.29. The Morgan fingerprint density at radius 3 is 2.32 bits per heavy atom. The molecule has 0 bridgehead atoms. The number of benzene rings is 1. The van der Waals surface area contributed by atoms with Crippen LogP contribution in [0.5, 0.6) is 0 Å². The van der Waals surface area contributed by atoms with E-state index in [1.807, 2.05) is 19.1 Å². The first-order valence-corrected chi connectivity index (χ1v) is 9.01. The molecular weight excluding hydrogens is 358 g/mol. The Bertz CT molecular complexity index is 1020. The van der Waals surface area contributed by atoms with Gasteiger partial charge >= 0.3 is 11.9 Å². The maximum Gasteiger partial charge on any atom is 0.341 e. The van der Waals surface area contributed by atoms with Crippen molar-refractivity contribution in [3.05, 3.63) is 59.4 Å². The molecule has 0 amide bonds. The van der Waals surface area contributed by atoms with E-state index in [4.69, 9.17) is 9.47 Å². The molecule has 0 fully saturated rings. The molecule has 144 valence electrons. The largest absolute Gasteiger partial charge is 0.462 e. The molecule has 0 saturated heterocycles. The second-order valence-corrected chi connectivity index (χ2v) is 6.01. The highest BCUT2D eigenvalue weighted by atomic mass is 16.5. The van der Waals surface area contributed by atoms with Crippen molar-refractivity contribution in [2.45, 2.75) is 20.8 Å². The highest BCUT2D eigenvalue weighted by molar-refractivity contribution is 6.05. The fourth-order valence-electron chi connectivity index (χ4n) is 2.72. The van der Waals surface area contributed by atoms with Crippen molar-refractivity contribution in [2.24, 2.45) is 0 Å². The van der Waals surface area contributed by atoms with Crippen molar-refractivity contribution in [1.29, 1.82) is 0 Å². The van der Waals surface area contributed by atoms with E-state index in [-0.39, 0.29) is 12.6 Å². The molecule has 0 spiro atoms. The van der Waals surface area contributed by atoms with Gasteiger partial charge in [-0.2, -0.15) is 0 Å². The fourth-order valence-corrected chi connectivity index (χ4v) is 2.72. The van der Waals surface area contributed by atoms with Crippen molar-refractivity contribution < 1.29 is 19.1 Å². The summed E-state index contributed by atoms with van der Waals surface area (Å²) in [6.07, 6.45) is 1.46. The van der Waals surface area contributed by atoms with Gasteiger partial charge in [-0.25, -0.2) is 19.6 Å². The first kappa shape index (κ1) is 19.3. The second-order valence-electron chi connectivity index (χ2n) is 6.01. The molecule has 7 nitrogen and oxygen atoms in total. The highest BCUT2D eigenvalue weighted by Gasteiger charge is 2.18. The number of hydrogen-bond donors (Lipinski definition) is 1. The molecule has 0 aliphatic rings. The molecule has 0 unspecified atom stereocenters. The lowest BCUT2D eigenvalue weighted by Crippen LogP contribution is -2.10. The van der Waals surface area contributed by atoms with Gasteiger partial charge in [0.25, 0.3) is 0 Å². The number of fused-ring (bicyclic) bond motifs is 1. The Morgan fingerprint density at radius 2 is 1.64 bits per heavy atom. The van der Waals surface area contributed by atoms with Gasteiger partial charge in [-0.15, -0.1) is 0 Å². The van der Waals surface area contributed by atoms with Crippen LogP contribution in [0.15, 0.2) is 42.6 Å². The molecule has 3 aromatic rings. The van der Waals surface area contributed by atoms with Crippen LogP contribution in [0.1, 0.15) is 40.3 Å². The van der Waals surface area contributed by atoms with Gasteiger partial charge < -0.3 is 14.8 Å². The van der Waals surface area contributed by atoms with Gasteiger partial charge in [0.15, 0.2) is 5.65 Å². The zero-order valence-corrected chi connectivity index (χ0v) is 16.0. The molecule has 2 heterocycles. The van der Waals surface area contributed by atoms with E-state index in [0.717, 1.165) is 5.69 Å². The Morgan fingerprint density at radius 1 is 0.964 bits per heavy atom. The number of carbonyl (C=O) groups excluding carboxylic acids is 2. The Labute approximate surface area is 162 Å². The van der Waals surface area contributed by atoms with Crippen molar-refractivity contribution in [1.82, 2.24) is 9.97 Å². The molecule has 0 atom stereocenters. The number of hydrogen-bond acceptors (Lipinski definition) is 7. The van der Waals surface area contributed by atoms with Gasteiger partial charge in [0.2, 0.25) is 0 Å². The number of aryl methyl sites for hydroxylation is 1. The van der Waals surface area contributed by atoms with Crippen LogP contribution in [0, 0.1) is 6.92 Å². The number of ether oxygens (including phenoxy) is 2. The number of esters is 2. The van der Waals surface area contributed by atoms with Gasteiger partial charge in [-0.3, -0.25) is 0 Å². The molecule has 28 heavy (non-hydrogen) atoms. The summed E-state index contributed by atoms with van der Waals surface area (Å²) >= 11 is 0. The van der Waals surface area contributed by atoms with E-state index in [9.17, 15) is 9.59 Å². The van der Waals surface area contributed by atoms with Crippen LogP contribution >= 0.6 is 0 Å². The number of carbonyl (C=O) groups is 2. The zero-order chi connectivity index (χ0) is 20.1. The fraction of sp³-hybridized carbons (Fsp3) is 0.238. The van der Waals surface area contributed by atoms with E-state index < -0.39 is 5.97 Å². The summed E-state index contributed by atoms with van der Waals surface area (Å²) < 4.78 is 10.2. The number of anilines is 2. The third-order valence-corrected chi connectivity index (χ3v) is 4.03. The van der Waals surface area contributed by atoms with Crippen LogP contribution in [0.3, 0.4) is 0 Å². The predicted octanol–water partition coefficient (Wildman–Crippen LogP) is 4.04.